The molecule has 0 atom stereocenters. The fourth-order valence-electron chi connectivity index (χ4n) is 4.68. The summed E-state index contributed by atoms with van der Waals surface area (Å²) in [6.07, 6.45) is 3.78. The molecule has 2 heterocycles. The predicted molar refractivity (Wildman–Crippen MR) is 135 cm³/mol. The summed E-state index contributed by atoms with van der Waals surface area (Å²) in [6.45, 7) is 11.2. The molecule has 0 aromatic heterocycles. The molecule has 1 N–H and O–H groups in total. The normalized spacial score (nSPS) is 18.9. The summed E-state index contributed by atoms with van der Waals surface area (Å²) in [5.74, 6) is -1.34. The Kier molecular flexibility index (Phi) is 5.78. The van der Waals surface area contributed by atoms with Gasteiger partial charge in [-0.25, -0.2) is 9.69 Å². The number of likely N-dealkylation sites (N-methyl/N-ethyl adjacent to an activating group) is 1. The highest BCUT2D eigenvalue weighted by Gasteiger charge is 2.37. The van der Waals surface area contributed by atoms with Crippen molar-refractivity contribution >= 4 is 56.8 Å². The van der Waals surface area contributed by atoms with Crippen LogP contribution in [-0.4, -0.2) is 29.9 Å². The number of amides is 4. The van der Waals surface area contributed by atoms with Gasteiger partial charge in [0.05, 0.1) is 11.2 Å². The largest absolute Gasteiger partial charge is 0.363 e. The van der Waals surface area contributed by atoms with E-state index < -0.39 is 17.8 Å². The number of barbiturate groups is 1. The van der Waals surface area contributed by atoms with Crippen LogP contribution in [0.3, 0.4) is 0 Å². The number of carbonyl (C=O) groups excluding carboxylic acids is 3. The Morgan fingerprint density at radius 1 is 1.03 bits per heavy atom. The quantitative estimate of drug-likeness (QED) is 0.443. The highest BCUT2D eigenvalue weighted by molar-refractivity contribution is 9.10. The number of fused-ring (bicyclic) bond motifs is 1. The minimum atomic E-state index is -0.752. The predicted octanol–water partition coefficient (Wildman–Crippen LogP) is 5.45. The maximum atomic E-state index is 13.3. The summed E-state index contributed by atoms with van der Waals surface area (Å²) < 4.78 is 0.835. The number of halogens is 1. The first-order chi connectivity index (χ1) is 15.5. The Labute approximate surface area is 202 Å². The maximum Gasteiger partial charge on any atom is 0.335 e. The summed E-state index contributed by atoms with van der Waals surface area (Å²) >= 11 is 3.39. The summed E-state index contributed by atoms with van der Waals surface area (Å²) in [6, 6.07) is 10.4. The molecule has 2 aliphatic heterocycles. The Balaban J connectivity index is 1.76. The van der Waals surface area contributed by atoms with E-state index in [4.69, 9.17) is 0 Å². The van der Waals surface area contributed by atoms with Gasteiger partial charge in [0, 0.05) is 22.3 Å². The molecule has 2 aromatic carbocycles. The van der Waals surface area contributed by atoms with Gasteiger partial charge in [0.25, 0.3) is 11.8 Å². The smallest absolute Gasteiger partial charge is 0.335 e. The van der Waals surface area contributed by atoms with Gasteiger partial charge in [-0.2, -0.15) is 0 Å². The van der Waals surface area contributed by atoms with Gasteiger partial charge in [-0.15, -0.1) is 0 Å². The van der Waals surface area contributed by atoms with Crippen LogP contribution in [-0.2, 0) is 9.59 Å². The molecule has 7 heteroatoms. The molecule has 2 aliphatic rings. The van der Waals surface area contributed by atoms with Crippen molar-refractivity contribution in [3.63, 3.8) is 0 Å². The molecule has 6 nitrogen and oxygen atoms in total. The van der Waals surface area contributed by atoms with Crippen molar-refractivity contribution < 1.29 is 14.4 Å². The van der Waals surface area contributed by atoms with Crippen LogP contribution >= 0.6 is 15.9 Å². The lowest BCUT2D eigenvalue weighted by Crippen LogP contribution is -2.54. The summed E-state index contributed by atoms with van der Waals surface area (Å²) in [4.78, 5) is 41.7. The minimum absolute atomic E-state index is 0.0815. The second kappa shape index (κ2) is 8.30. The average Bonchev–Trinajstić information content (AvgIpc) is 2.72. The Hall–Kier alpha value is -3.19. The molecule has 0 saturated carbocycles. The molecule has 1 saturated heterocycles. The highest BCUT2D eigenvalue weighted by atomic mass is 79.9. The van der Waals surface area contributed by atoms with Crippen molar-refractivity contribution in [3.05, 3.63) is 69.2 Å². The zero-order chi connectivity index (χ0) is 24.1. The number of hydrogen-bond donors (Lipinski definition) is 1. The second-order valence-corrected chi connectivity index (χ2v) is 9.81. The van der Waals surface area contributed by atoms with E-state index in [-0.39, 0.29) is 11.1 Å². The zero-order valence-electron chi connectivity index (χ0n) is 19.3. The standard InChI is InChI=1S/C26H26BrN3O3/c1-6-29-22-9-7-17(12-19(22)16(3)14-26(29,4)5)13-20-23(31)28-25(33)30(24(20)32)21-10-8-18(27)11-15(21)2/h7-14H,6H2,1-5H3,(H,28,31,33)/b20-13+. The molecule has 0 bridgehead atoms. The van der Waals surface area contributed by atoms with Gasteiger partial charge in [-0.3, -0.25) is 14.9 Å². The van der Waals surface area contributed by atoms with Crippen molar-refractivity contribution in [1.29, 1.82) is 0 Å². The molecule has 1 fully saturated rings. The van der Waals surface area contributed by atoms with Crippen LogP contribution in [0.4, 0.5) is 16.2 Å². The van der Waals surface area contributed by atoms with Crippen molar-refractivity contribution in [2.45, 2.75) is 40.2 Å². The highest BCUT2D eigenvalue weighted by Crippen LogP contribution is 2.39. The second-order valence-electron chi connectivity index (χ2n) is 8.89. The monoisotopic (exact) mass is 507 g/mol. The van der Waals surface area contributed by atoms with E-state index in [0.717, 1.165) is 43.9 Å². The first kappa shape index (κ1) is 23.0. The first-order valence-electron chi connectivity index (χ1n) is 10.8. The average molecular weight is 508 g/mol. The summed E-state index contributed by atoms with van der Waals surface area (Å²) in [5, 5.41) is 2.30. The van der Waals surface area contributed by atoms with E-state index >= 15 is 0 Å². The number of imide groups is 2. The third kappa shape index (κ3) is 4.02. The number of carbonyl (C=O) groups is 3. The van der Waals surface area contributed by atoms with Gasteiger partial charge in [0.15, 0.2) is 0 Å². The molecule has 4 amide bonds. The van der Waals surface area contributed by atoms with Gasteiger partial charge in [0.1, 0.15) is 5.57 Å². The SMILES string of the molecule is CCN1c2ccc(/C=C3\C(=O)NC(=O)N(c4ccc(Br)cc4C)C3=O)cc2C(C)=CC1(C)C. The number of nitrogens with zero attached hydrogens (tertiary/aromatic N) is 2. The van der Waals surface area contributed by atoms with E-state index in [9.17, 15) is 14.4 Å². The van der Waals surface area contributed by atoms with Gasteiger partial charge in [-0.1, -0.05) is 28.1 Å². The number of hydrogen-bond acceptors (Lipinski definition) is 4. The van der Waals surface area contributed by atoms with Crippen LogP contribution in [0.2, 0.25) is 0 Å². The molecule has 0 spiro atoms. The third-order valence-electron chi connectivity index (χ3n) is 6.13. The lowest BCUT2D eigenvalue weighted by Gasteiger charge is -2.42. The molecular formula is C26H26BrN3O3. The van der Waals surface area contributed by atoms with Gasteiger partial charge < -0.3 is 4.90 Å². The first-order valence-corrected chi connectivity index (χ1v) is 11.6. The lowest BCUT2D eigenvalue weighted by atomic mass is 9.88. The molecule has 0 radical (unpaired) electrons. The molecule has 0 aliphatic carbocycles. The fraction of sp³-hybridized carbons (Fsp3) is 0.269. The minimum Gasteiger partial charge on any atom is -0.363 e. The molecule has 2 aromatic rings. The molecule has 4 rings (SSSR count). The van der Waals surface area contributed by atoms with E-state index in [1.807, 2.05) is 24.3 Å². The van der Waals surface area contributed by atoms with Crippen LogP contribution in [0, 0.1) is 6.92 Å². The van der Waals surface area contributed by atoms with Crippen molar-refractivity contribution in [3.8, 4) is 0 Å². The van der Waals surface area contributed by atoms with Crippen LogP contribution in [0.1, 0.15) is 44.4 Å². The number of allylic oxidation sites excluding steroid dienone is 1. The van der Waals surface area contributed by atoms with Gasteiger partial charge in [-0.05, 0) is 87.7 Å². The van der Waals surface area contributed by atoms with Crippen LogP contribution in [0.5, 0.6) is 0 Å². The number of urea groups is 1. The Bertz CT molecular complexity index is 1260. The third-order valence-corrected chi connectivity index (χ3v) is 6.62. The molecule has 0 unspecified atom stereocenters. The summed E-state index contributed by atoms with van der Waals surface area (Å²) in [5.41, 5.74) is 5.02. The van der Waals surface area contributed by atoms with Gasteiger partial charge >= 0.3 is 6.03 Å². The number of anilines is 2. The molecule has 33 heavy (non-hydrogen) atoms. The van der Waals surface area contributed by atoms with E-state index in [0.29, 0.717) is 5.69 Å². The van der Waals surface area contributed by atoms with Crippen LogP contribution in [0.25, 0.3) is 11.6 Å². The molecule has 170 valence electrons. The van der Waals surface area contributed by atoms with Crippen LogP contribution in [0.15, 0.2) is 52.5 Å². The Morgan fingerprint density at radius 2 is 1.73 bits per heavy atom. The van der Waals surface area contributed by atoms with Crippen molar-refractivity contribution in [2.75, 3.05) is 16.3 Å². The lowest BCUT2D eigenvalue weighted by molar-refractivity contribution is -0.122. The van der Waals surface area contributed by atoms with E-state index in [1.54, 1.807) is 25.1 Å². The van der Waals surface area contributed by atoms with Crippen molar-refractivity contribution in [2.24, 2.45) is 0 Å². The Morgan fingerprint density at radius 3 is 2.39 bits per heavy atom. The molecular weight excluding hydrogens is 482 g/mol. The topological polar surface area (TPSA) is 69.7 Å². The fourth-order valence-corrected chi connectivity index (χ4v) is 5.16. The zero-order valence-corrected chi connectivity index (χ0v) is 20.9. The number of benzene rings is 2. The van der Waals surface area contributed by atoms with Crippen molar-refractivity contribution in [1.82, 2.24) is 5.32 Å². The van der Waals surface area contributed by atoms with E-state index in [2.05, 4.69) is 59.9 Å². The number of nitrogens with one attached hydrogen (secondary N) is 1. The summed E-state index contributed by atoms with van der Waals surface area (Å²) in [7, 11) is 0. The number of aryl methyl sites for hydroxylation is 1. The van der Waals surface area contributed by atoms with E-state index in [1.165, 1.54) is 0 Å². The van der Waals surface area contributed by atoms with Crippen LogP contribution < -0.4 is 15.1 Å². The van der Waals surface area contributed by atoms with Gasteiger partial charge in [0.2, 0.25) is 0 Å². The maximum absolute atomic E-state index is 13.3. The number of rotatable bonds is 3.